The summed E-state index contributed by atoms with van der Waals surface area (Å²) < 4.78 is 2.14. The van der Waals surface area contributed by atoms with E-state index >= 15 is 0 Å². The lowest BCUT2D eigenvalue weighted by molar-refractivity contribution is 0.199. The van der Waals surface area contributed by atoms with Gasteiger partial charge in [0.15, 0.2) is 0 Å². The number of fused-ring (bicyclic) bond motifs is 1. The van der Waals surface area contributed by atoms with Gasteiger partial charge in [-0.2, -0.15) is 0 Å². The molecule has 24 heavy (non-hydrogen) atoms. The number of nitrogens with zero attached hydrogens (tertiary/aromatic N) is 3. The van der Waals surface area contributed by atoms with E-state index in [1.165, 1.54) is 5.56 Å². The van der Waals surface area contributed by atoms with Crippen LogP contribution < -0.4 is 5.32 Å². The van der Waals surface area contributed by atoms with Gasteiger partial charge in [0, 0.05) is 37.9 Å². The van der Waals surface area contributed by atoms with Gasteiger partial charge >= 0.3 is 0 Å². The molecule has 1 saturated heterocycles. The number of halogens is 1. The highest BCUT2D eigenvalue weighted by molar-refractivity contribution is 5.85. The fourth-order valence-electron chi connectivity index (χ4n) is 3.34. The molecule has 1 aromatic heterocycles. The number of benzene rings is 2. The average molecular weight is 343 g/mol. The van der Waals surface area contributed by atoms with Crippen molar-refractivity contribution < 1.29 is 0 Å². The van der Waals surface area contributed by atoms with Crippen LogP contribution in [0.15, 0.2) is 54.9 Å². The monoisotopic (exact) mass is 342 g/mol. The minimum Gasteiger partial charge on any atom is -0.312 e. The smallest absolute Gasteiger partial charge is 0.100 e. The number of rotatable bonds is 3. The highest BCUT2D eigenvalue weighted by Gasteiger charge is 2.15. The van der Waals surface area contributed by atoms with E-state index in [2.05, 4.69) is 63.1 Å². The van der Waals surface area contributed by atoms with Crippen molar-refractivity contribution in [3.63, 3.8) is 0 Å². The van der Waals surface area contributed by atoms with Crippen molar-refractivity contribution in [1.82, 2.24) is 19.8 Å². The first-order valence-corrected chi connectivity index (χ1v) is 8.27. The predicted octanol–water partition coefficient (Wildman–Crippen LogP) is 3.24. The lowest BCUT2D eigenvalue weighted by Crippen LogP contribution is -2.48. The van der Waals surface area contributed by atoms with Gasteiger partial charge in [0.2, 0.25) is 0 Å². The molecular weight excluding hydrogens is 320 g/mol. The summed E-state index contributed by atoms with van der Waals surface area (Å²) in [7, 11) is 0. The summed E-state index contributed by atoms with van der Waals surface area (Å²) in [4.78, 5) is 6.98. The number of para-hydroxylation sites is 2. The Kier molecular flexibility index (Phi) is 5.19. The molecule has 0 spiro atoms. The molecule has 0 aliphatic carbocycles. The van der Waals surface area contributed by atoms with Crippen LogP contribution >= 0.6 is 12.4 Å². The average Bonchev–Trinajstić information content (AvgIpc) is 3.00. The van der Waals surface area contributed by atoms with Gasteiger partial charge < -0.3 is 5.32 Å². The molecule has 4 rings (SSSR count). The van der Waals surface area contributed by atoms with Gasteiger partial charge in [0.05, 0.1) is 11.0 Å². The molecule has 4 nitrogen and oxygen atoms in total. The molecule has 5 heteroatoms. The molecule has 2 aromatic carbocycles. The van der Waals surface area contributed by atoms with Crippen LogP contribution in [0.4, 0.5) is 0 Å². The van der Waals surface area contributed by atoms with Crippen LogP contribution in [-0.4, -0.2) is 40.1 Å². The van der Waals surface area contributed by atoms with Crippen molar-refractivity contribution >= 4 is 23.4 Å². The van der Waals surface area contributed by atoms with Crippen LogP contribution in [0.1, 0.15) is 12.5 Å². The summed E-state index contributed by atoms with van der Waals surface area (Å²) in [5.41, 5.74) is 4.71. The second-order valence-corrected chi connectivity index (χ2v) is 6.36. The molecule has 1 N–H and O–H groups in total. The van der Waals surface area contributed by atoms with Crippen molar-refractivity contribution in [3.05, 3.63) is 60.4 Å². The van der Waals surface area contributed by atoms with Crippen LogP contribution in [0, 0.1) is 0 Å². The Balaban J connectivity index is 0.00000169. The molecule has 0 amide bonds. The second kappa shape index (κ2) is 7.34. The zero-order valence-corrected chi connectivity index (χ0v) is 14.7. The number of nitrogens with one attached hydrogen (secondary N) is 1. The predicted molar refractivity (Wildman–Crippen MR) is 101 cm³/mol. The van der Waals surface area contributed by atoms with Gasteiger partial charge in [-0.3, -0.25) is 9.47 Å². The maximum Gasteiger partial charge on any atom is 0.100 e. The van der Waals surface area contributed by atoms with Gasteiger partial charge in [-0.1, -0.05) is 24.3 Å². The fraction of sp³-hybridized carbons (Fsp3) is 0.316. The van der Waals surface area contributed by atoms with E-state index in [1.54, 1.807) is 0 Å². The van der Waals surface area contributed by atoms with Gasteiger partial charge in [0.1, 0.15) is 6.33 Å². The second-order valence-electron chi connectivity index (χ2n) is 6.36. The van der Waals surface area contributed by atoms with E-state index in [1.807, 2.05) is 18.5 Å². The van der Waals surface area contributed by atoms with Crippen LogP contribution in [0.5, 0.6) is 0 Å². The highest BCUT2D eigenvalue weighted by Crippen LogP contribution is 2.19. The number of hydrogen-bond acceptors (Lipinski definition) is 3. The largest absolute Gasteiger partial charge is 0.312 e. The third-order valence-corrected chi connectivity index (χ3v) is 4.53. The molecule has 0 saturated carbocycles. The lowest BCUT2D eigenvalue weighted by atomic mass is 10.1. The number of aromatic nitrogens is 2. The Morgan fingerprint density at radius 1 is 1.12 bits per heavy atom. The zero-order valence-electron chi connectivity index (χ0n) is 13.9. The Labute approximate surface area is 148 Å². The molecule has 3 aromatic rings. The van der Waals surface area contributed by atoms with Gasteiger partial charge in [-0.05, 0) is 36.8 Å². The summed E-state index contributed by atoms with van der Waals surface area (Å²) in [5.74, 6) is 0. The summed E-state index contributed by atoms with van der Waals surface area (Å²) in [6.07, 6.45) is 1.90. The Hall–Kier alpha value is -1.88. The minimum atomic E-state index is 0. The van der Waals surface area contributed by atoms with Crippen LogP contribution in [0.2, 0.25) is 0 Å². The van der Waals surface area contributed by atoms with Crippen molar-refractivity contribution in [2.45, 2.75) is 19.5 Å². The quantitative estimate of drug-likeness (QED) is 0.793. The first-order valence-electron chi connectivity index (χ1n) is 8.27. The fourth-order valence-corrected chi connectivity index (χ4v) is 3.34. The normalized spacial score (nSPS) is 18.5. The summed E-state index contributed by atoms with van der Waals surface area (Å²) in [5, 5.41) is 3.49. The van der Waals surface area contributed by atoms with E-state index in [-0.39, 0.29) is 12.4 Å². The van der Waals surface area contributed by atoms with Gasteiger partial charge in [0.25, 0.3) is 0 Å². The molecule has 0 bridgehead atoms. The van der Waals surface area contributed by atoms with E-state index < -0.39 is 0 Å². The molecule has 1 aliphatic heterocycles. The maximum atomic E-state index is 4.47. The molecule has 0 radical (unpaired) electrons. The Bertz CT molecular complexity index is 796. The SMILES string of the molecule is C[C@H]1CN(Cc2ccc(-n3cnc4ccccc43)cc2)CCN1.Cl. The number of hydrogen-bond donors (Lipinski definition) is 1. The Morgan fingerprint density at radius 3 is 2.71 bits per heavy atom. The molecular formula is C19H23ClN4. The molecule has 1 atom stereocenters. The maximum absolute atomic E-state index is 4.47. The zero-order chi connectivity index (χ0) is 15.6. The summed E-state index contributed by atoms with van der Waals surface area (Å²) >= 11 is 0. The lowest BCUT2D eigenvalue weighted by Gasteiger charge is -2.31. The van der Waals surface area contributed by atoms with E-state index in [0.717, 1.165) is 42.9 Å². The first-order chi connectivity index (χ1) is 11.3. The standard InChI is InChI=1S/C19H22N4.ClH/c1-15-12-22(11-10-20-15)13-16-6-8-17(9-7-16)23-14-21-18-4-2-3-5-19(18)23;/h2-9,14-15,20H,10-13H2,1H3;1H/t15-;/m0./s1. The van der Waals surface area contributed by atoms with E-state index in [0.29, 0.717) is 6.04 Å². The van der Waals surface area contributed by atoms with Crippen LogP contribution in [-0.2, 0) is 6.54 Å². The molecule has 1 aliphatic rings. The number of imidazole rings is 1. The first kappa shape index (κ1) is 17.0. The van der Waals surface area contributed by atoms with Crippen molar-refractivity contribution in [2.75, 3.05) is 19.6 Å². The van der Waals surface area contributed by atoms with E-state index in [9.17, 15) is 0 Å². The topological polar surface area (TPSA) is 33.1 Å². The van der Waals surface area contributed by atoms with Crippen molar-refractivity contribution in [3.8, 4) is 5.69 Å². The van der Waals surface area contributed by atoms with Crippen LogP contribution in [0.25, 0.3) is 16.7 Å². The molecule has 2 heterocycles. The summed E-state index contributed by atoms with van der Waals surface area (Å²) in [6.45, 7) is 6.60. The Morgan fingerprint density at radius 2 is 1.92 bits per heavy atom. The molecule has 126 valence electrons. The summed E-state index contributed by atoms with van der Waals surface area (Å²) in [6, 6.07) is 17.7. The van der Waals surface area contributed by atoms with E-state index in [4.69, 9.17) is 0 Å². The van der Waals surface area contributed by atoms with Crippen molar-refractivity contribution in [2.24, 2.45) is 0 Å². The minimum absolute atomic E-state index is 0. The van der Waals surface area contributed by atoms with Gasteiger partial charge in [-0.25, -0.2) is 4.98 Å². The van der Waals surface area contributed by atoms with Crippen LogP contribution in [0.3, 0.4) is 0 Å². The third-order valence-electron chi connectivity index (χ3n) is 4.53. The van der Waals surface area contributed by atoms with Gasteiger partial charge in [-0.15, -0.1) is 12.4 Å². The number of piperazine rings is 1. The third kappa shape index (κ3) is 3.46. The highest BCUT2D eigenvalue weighted by atomic mass is 35.5. The molecule has 1 fully saturated rings. The molecule has 0 unspecified atom stereocenters. The van der Waals surface area contributed by atoms with Crippen molar-refractivity contribution in [1.29, 1.82) is 0 Å².